The van der Waals surface area contributed by atoms with Crippen molar-refractivity contribution in [2.45, 2.75) is 19.8 Å². The molecule has 4 rings (SSSR count). The Morgan fingerprint density at radius 3 is 2.77 bits per heavy atom. The van der Waals surface area contributed by atoms with E-state index < -0.39 is 0 Å². The van der Waals surface area contributed by atoms with Crippen LogP contribution < -0.4 is 5.56 Å². The molecule has 0 bridgehead atoms. The van der Waals surface area contributed by atoms with Gasteiger partial charge < -0.3 is 0 Å². The van der Waals surface area contributed by atoms with Crippen LogP contribution in [0.1, 0.15) is 18.2 Å². The maximum absolute atomic E-state index is 12.6. The molecule has 22 heavy (non-hydrogen) atoms. The maximum atomic E-state index is 12.6. The SMILES string of the molecule is CCCc1cc2c(=O)n3nc(-c4ccccc4)sc3nc2s1. The van der Waals surface area contributed by atoms with E-state index in [2.05, 4.69) is 17.0 Å². The van der Waals surface area contributed by atoms with Gasteiger partial charge in [-0.2, -0.15) is 9.61 Å². The summed E-state index contributed by atoms with van der Waals surface area (Å²) in [7, 11) is 0. The number of fused-ring (bicyclic) bond motifs is 2. The van der Waals surface area contributed by atoms with E-state index >= 15 is 0 Å². The van der Waals surface area contributed by atoms with Crippen LogP contribution in [0.5, 0.6) is 0 Å². The highest BCUT2D eigenvalue weighted by atomic mass is 32.1. The molecule has 4 aromatic rings. The molecule has 6 heteroatoms. The number of hydrogen-bond acceptors (Lipinski definition) is 5. The fraction of sp³-hybridized carbons (Fsp3) is 0.188. The van der Waals surface area contributed by atoms with Crippen molar-refractivity contribution in [3.05, 3.63) is 51.6 Å². The monoisotopic (exact) mass is 327 g/mol. The van der Waals surface area contributed by atoms with E-state index in [0.717, 1.165) is 28.2 Å². The zero-order valence-electron chi connectivity index (χ0n) is 11.9. The van der Waals surface area contributed by atoms with Gasteiger partial charge in [0.15, 0.2) is 0 Å². The van der Waals surface area contributed by atoms with Crippen LogP contribution in [0.3, 0.4) is 0 Å². The molecule has 1 aromatic carbocycles. The van der Waals surface area contributed by atoms with Gasteiger partial charge in [0.25, 0.3) is 5.56 Å². The smallest absolute Gasteiger partial charge is 0.267 e. The Bertz CT molecular complexity index is 1010. The molecule has 0 radical (unpaired) electrons. The second-order valence-electron chi connectivity index (χ2n) is 5.07. The van der Waals surface area contributed by atoms with Crippen LogP contribution in [0.4, 0.5) is 0 Å². The summed E-state index contributed by atoms with van der Waals surface area (Å²) in [6.45, 7) is 2.14. The molecule has 0 fully saturated rings. The highest BCUT2D eigenvalue weighted by Gasteiger charge is 2.14. The molecule has 0 aliphatic heterocycles. The van der Waals surface area contributed by atoms with Gasteiger partial charge in [0, 0.05) is 10.4 Å². The normalized spacial score (nSPS) is 11.5. The molecule has 0 spiro atoms. The van der Waals surface area contributed by atoms with Crippen LogP contribution >= 0.6 is 22.7 Å². The molecular weight excluding hydrogens is 314 g/mol. The summed E-state index contributed by atoms with van der Waals surface area (Å²) in [6, 6.07) is 11.8. The Balaban J connectivity index is 1.94. The number of nitrogens with zero attached hydrogens (tertiary/aromatic N) is 3. The lowest BCUT2D eigenvalue weighted by Crippen LogP contribution is -2.14. The Kier molecular flexibility index (Phi) is 3.28. The van der Waals surface area contributed by atoms with Gasteiger partial charge >= 0.3 is 0 Å². The molecule has 0 saturated heterocycles. The Hall–Kier alpha value is -2.05. The van der Waals surface area contributed by atoms with Gasteiger partial charge in [-0.05, 0) is 12.5 Å². The summed E-state index contributed by atoms with van der Waals surface area (Å²) >= 11 is 3.06. The minimum atomic E-state index is -0.0722. The van der Waals surface area contributed by atoms with E-state index in [-0.39, 0.29) is 5.56 Å². The number of benzene rings is 1. The number of thiophene rings is 1. The lowest BCUT2D eigenvalue weighted by molar-refractivity contribution is 0.920. The number of rotatable bonds is 3. The standard InChI is InChI=1S/C16H13N3OS2/c1-2-6-11-9-12-14(21-11)17-16-19(15(12)20)18-13(22-16)10-7-4-3-5-8-10/h3-5,7-9H,2,6H2,1H3. The minimum absolute atomic E-state index is 0.0722. The predicted octanol–water partition coefficient (Wildman–Crippen LogP) is 3.99. The van der Waals surface area contributed by atoms with Gasteiger partial charge in [-0.1, -0.05) is 55.0 Å². The number of hydrogen-bond donors (Lipinski definition) is 0. The predicted molar refractivity (Wildman–Crippen MR) is 91.9 cm³/mol. The fourth-order valence-electron chi connectivity index (χ4n) is 2.42. The first-order valence-electron chi connectivity index (χ1n) is 7.14. The van der Waals surface area contributed by atoms with Gasteiger partial charge in [0.1, 0.15) is 9.84 Å². The summed E-state index contributed by atoms with van der Waals surface area (Å²) in [5.41, 5.74) is 0.935. The lowest BCUT2D eigenvalue weighted by atomic mass is 10.2. The molecule has 3 aromatic heterocycles. The average Bonchev–Trinajstić information content (AvgIpc) is 3.13. The number of aryl methyl sites for hydroxylation is 1. The van der Waals surface area contributed by atoms with Crippen molar-refractivity contribution >= 4 is 37.9 Å². The second kappa shape index (κ2) is 5.30. The summed E-state index contributed by atoms with van der Waals surface area (Å²) in [4.78, 5) is 19.9. The third kappa shape index (κ3) is 2.15. The van der Waals surface area contributed by atoms with Gasteiger partial charge in [-0.3, -0.25) is 4.79 Å². The summed E-state index contributed by atoms with van der Waals surface area (Å²) in [5.74, 6) is 0. The van der Waals surface area contributed by atoms with E-state index in [0.29, 0.717) is 10.3 Å². The molecule has 0 unspecified atom stereocenters. The first-order chi connectivity index (χ1) is 10.8. The fourth-order valence-corrected chi connectivity index (χ4v) is 4.50. The molecule has 0 aliphatic rings. The highest BCUT2D eigenvalue weighted by molar-refractivity contribution is 7.21. The van der Waals surface area contributed by atoms with Crippen LogP contribution in [-0.2, 0) is 6.42 Å². The van der Waals surface area contributed by atoms with E-state index in [1.807, 2.05) is 36.4 Å². The van der Waals surface area contributed by atoms with Crippen molar-refractivity contribution in [1.29, 1.82) is 0 Å². The van der Waals surface area contributed by atoms with Crippen LogP contribution in [-0.4, -0.2) is 14.6 Å². The zero-order valence-corrected chi connectivity index (χ0v) is 13.6. The number of aromatic nitrogens is 3. The van der Waals surface area contributed by atoms with Gasteiger partial charge in [0.05, 0.1) is 5.39 Å². The maximum Gasteiger partial charge on any atom is 0.283 e. The van der Waals surface area contributed by atoms with Gasteiger partial charge in [0.2, 0.25) is 4.96 Å². The van der Waals surface area contributed by atoms with Crippen molar-refractivity contribution < 1.29 is 0 Å². The highest BCUT2D eigenvalue weighted by Crippen LogP contribution is 2.27. The topological polar surface area (TPSA) is 47.3 Å². The second-order valence-corrected chi connectivity index (χ2v) is 7.14. The first kappa shape index (κ1) is 13.6. The van der Waals surface area contributed by atoms with E-state index in [1.165, 1.54) is 20.7 Å². The minimum Gasteiger partial charge on any atom is -0.267 e. The van der Waals surface area contributed by atoms with Crippen molar-refractivity contribution in [3.8, 4) is 10.6 Å². The molecule has 3 heterocycles. The van der Waals surface area contributed by atoms with E-state index in [9.17, 15) is 4.79 Å². The van der Waals surface area contributed by atoms with Crippen LogP contribution in [0.15, 0.2) is 41.2 Å². The Labute approximate surface area is 134 Å². The van der Waals surface area contributed by atoms with Crippen LogP contribution in [0.25, 0.3) is 25.7 Å². The molecule has 0 saturated carbocycles. The molecule has 0 atom stereocenters. The summed E-state index contributed by atoms with van der Waals surface area (Å²) in [6.07, 6.45) is 2.06. The lowest BCUT2D eigenvalue weighted by Gasteiger charge is -1.91. The van der Waals surface area contributed by atoms with Crippen molar-refractivity contribution in [3.63, 3.8) is 0 Å². The van der Waals surface area contributed by atoms with Crippen molar-refractivity contribution in [2.24, 2.45) is 0 Å². The third-order valence-corrected chi connectivity index (χ3v) is 5.51. The third-order valence-electron chi connectivity index (χ3n) is 3.46. The molecular formula is C16H13N3OS2. The van der Waals surface area contributed by atoms with Gasteiger partial charge in [-0.15, -0.1) is 11.3 Å². The van der Waals surface area contributed by atoms with E-state index in [4.69, 9.17) is 0 Å². The molecule has 0 amide bonds. The van der Waals surface area contributed by atoms with Crippen molar-refractivity contribution in [1.82, 2.24) is 14.6 Å². The summed E-state index contributed by atoms with van der Waals surface area (Å²) < 4.78 is 1.43. The zero-order chi connectivity index (χ0) is 15.1. The van der Waals surface area contributed by atoms with Crippen LogP contribution in [0.2, 0.25) is 0 Å². The van der Waals surface area contributed by atoms with Crippen LogP contribution in [0, 0.1) is 0 Å². The van der Waals surface area contributed by atoms with Gasteiger partial charge in [-0.25, -0.2) is 4.98 Å². The molecule has 110 valence electrons. The average molecular weight is 327 g/mol. The molecule has 4 nitrogen and oxygen atoms in total. The van der Waals surface area contributed by atoms with E-state index in [1.54, 1.807) is 11.3 Å². The Morgan fingerprint density at radius 2 is 2.00 bits per heavy atom. The van der Waals surface area contributed by atoms with Crippen molar-refractivity contribution in [2.75, 3.05) is 0 Å². The molecule has 0 aliphatic carbocycles. The quantitative estimate of drug-likeness (QED) is 0.572. The first-order valence-corrected chi connectivity index (χ1v) is 8.77. The molecule has 0 N–H and O–H groups in total. The Morgan fingerprint density at radius 1 is 1.18 bits per heavy atom. The largest absolute Gasteiger partial charge is 0.283 e. The summed E-state index contributed by atoms with van der Waals surface area (Å²) in [5, 5.41) is 5.95.